The fourth-order valence-corrected chi connectivity index (χ4v) is 3.11. The molecule has 11 heteroatoms. The number of hydrogen-bond acceptors (Lipinski definition) is 6. The summed E-state index contributed by atoms with van der Waals surface area (Å²) in [4.78, 5) is 20.6. The maximum atomic E-state index is 12.7. The molecule has 0 saturated heterocycles. The van der Waals surface area contributed by atoms with E-state index in [2.05, 4.69) is 20.6 Å². The third-order valence-electron chi connectivity index (χ3n) is 3.28. The second-order valence-corrected chi connectivity index (χ2v) is 6.17. The Bertz CT molecular complexity index is 978. The van der Waals surface area contributed by atoms with Gasteiger partial charge >= 0.3 is 12.3 Å². The Labute approximate surface area is 149 Å². The van der Waals surface area contributed by atoms with Crippen molar-refractivity contribution in [1.82, 2.24) is 14.6 Å². The number of aromatic nitrogens is 3. The van der Waals surface area contributed by atoms with Crippen LogP contribution in [0.25, 0.3) is 4.96 Å². The number of benzene rings is 1. The Kier molecular flexibility index (Phi) is 4.64. The normalized spacial score (nSPS) is 12.4. The monoisotopic (exact) mass is 383 g/mol. The summed E-state index contributed by atoms with van der Waals surface area (Å²) in [7, 11) is 0. The standard InChI is InChI=1S/C15H12F3N5O2S/c1-8(22-25-14(24)19-10-6-4-3-5-7-10)11-9(2)23-13(26-11)20-12(21-23)15(16,17)18/h3-7H,1-2H3,(H,19,24)/b22-8+. The first-order valence-electron chi connectivity index (χ1n) is 7.27. The van der Waals surface area contributed by atoms with Crippen molar-refractivity contribution in [2.75, 3.05) is 5.32 Å². The highest BCUT2D eigenvalue weighted by molar-refractivity contribution is 7.19. The van der Waals surface area contributed by atoms with E-state index >= 15 is 0 Å². The number of fused-ring (bicyclic) bond motifs is 1. The number of carbonyl (C=O) groups excluding carboxylic acids is 1. The summed E-state index contributed by atoms with van der Waals surface area (Å²) in [6.45, 7) is 3.15. The van der Waals surface area contributed by atoms with Crippen LogP contribution >= 0.6 is 11.3 Å². The molecule has 0 saturated carbocycles. The largest absolute Gasteiger partial charge is 0.453 e. The number of nitrogens with one attached hydrogen (secondary N) is 1. The number of aryl methyl sites for hydroxylation is 1. The number of amides is 1. The van der Waals surface area contributed by atoms with E-state index in [1.54, 1.807) is 44.2 Å². The van der Waals surface area contributed by atoms with Crippen molar-refractivity contribution in [2.24, 2.45) is 5.16 Å². The fourth-order valence-electron chi connectivity index (χ4n) is 2.11. The lowest BCUT2D eigenvalue weighted by Crippen LogP contribution is -2.12. The molecule has 1 amide bonds. The van der Waals surface area contributed by atoms with E-state index < -0.39 is 18.1 Å². The number of oxime groups is 1. The molecule has 0 atom stereocenters. The van der Waals surface area contributed by atoms with E-state index in [0.717, 1.165) is 15.9 Å². The van der Waals surface area contributed by atoms with Gasteiger partial charge in [0.25, 0.3) is 5.82 Å². The number of halogens is 3. The van der Waals surface area contributed by atoms with Gasteiger partial charge in [-0.25, -0.2) is 9.31 Å². The molecule has 0 aliphatic heterocycles. The Balaban J connectivity index is 1.75. The number of hydrogen-bond donors (Lipinski definition) is 1. The van der Waals surface area contributed by atoms with Crippen LogP contribution in [0.2, 0.25) is 0 Å². The smallest absolute Gasteiger partial charge is 0.297 e. The van der Waals surface area contributed by atoms with E-state index in [4.69, 9.17) is 4.84 Å². The summed E-state index contributed by atoms with van der Waals surface area (Å²) in [6.07, 6.45) is -5.40. The van der Waals surface area contributed by atoms with Crippen LogP contribution in [0.5, 0.6) is 0 Å². The average Bonchev–Trinajstić information content (AvgIpc) is 3.13. The summed E-state index contributed by atoms with van der Waals surface area (Å²) in [5, 5.41) is 9.66. The van der Waals surface area contributed by atoms with Gasteiger partial charge in [0.05, 0.1) is 16.3 Å². The summed E-state index contributed by atoms with van der Waals surface area (Å²) >= 11 is 0.971. The molecule has 1 N–H and O–H groups in total. The zero-order valence-electron chi connectivity index (χ0n) is 13.5. The second-order valence-electron chi connectivity index (χ2n) is 5.19. The molecule has 2 aromatic heterocycles. The van der Waals surface area contributed by atoms with Crippen LogP contribution in [0.15, 0.2) is 35.5 Å². The minimum Gasteiger partial charge on any atom is -0.297 e. The molecule has 0 aliphatic carbocycles. The molecule has 7 nitrogen and oxygen atoms in total. The first kappa shape index (κ1) is 17.9. The van der Waals surface area contributed by atoms with Gasteiger partial charge < -0.3 is 0 Å². The topological polar surface area (TPSA) is 80.9 Å². The number of para-hydroxylation sites is 1. The third-order valence-corrected chi connectivity index (χ3v) is 4.53. The van der Waals surface area contributed by atoms with Gasteiger partial charge in [-0.3, -0.25) is 10.2 Å². The molecule has 2 heterocycles. The highest BCUT2D eigenvalue weighted by atomic mass is 32.1. The van der Waals surface area contributed by atoms with Crippen molar-refractivity contribution >= 4 is 33.8 Å². The number of carbonyl (C=O) groups is 1. The zero-order chi connectivity index (χ0) is 18.9. The lowest BCUT2D eigenvalue weighted by atomic mass is 10.3. The van der Waals surface area contributed by atoms with Crippen LogP contribution in [-0.2, 0) is 11.0 Å². The van der Waals surface area contributed by atoms with E-state index in [1.807, 2.05) is 0 Å². The van der Waals surface area contributed by atoms with Gasteiger partial charge in [0.15, 0.2) is 0 Å². The molecule has 0 spiro atoms. The minimum atomic E-state index is -4.61. The Morgan fingerprint density at radius 1 is 1.31 bits per heavy atom. The summed E-state index contributed by atoms with van der Waals surface area (Å²) < 4.78 is 39.1. The zero-order valence-corrected chi connectivity index (χ0v) is 14.4. The molecule has 3 aromatic rings. The van der Waals surface area contributed by atoms with E-state index in [1.165, 1.54) is 0 Å². The van der Waals surface area contributed by atoms with Crippen molar-refractivity contribution in [1.29, 1.82) is 0 Å². The molecule has 26 heavy (non-hydrogen) atoms. The molecule has 0 fully saturated rings. The Hall–Kier alpha value is -2.95. The van der Waals surface area contributed by atoms with E-state index in [0.29, 0.717) is 22.0 Å². The molecular formula is C15H12F3N5O2S. The van der Waals surface area contributed by atoms with E-state index in [-0.39, 0.29) is 4.96 Å². The van der Waals surface area contributed by atoms with Gasteiger partial charge in [-0.15, -0.1) is 5.10 Å². The van der Waals surface area contributed by atoms with Crippen LogP contribution in [0.4, 0.5) is 23.7 Å². The molecule has 0 bridgehead atoms. The first-order chi connectivity index (χ1) is 12.3. The van der Waals surface area contributed by atoms with Gasteiger partial charge in [-0.05, 0) is 26.0 Å². The molecule has 0 radical (unpaired) electrons. The predicted molar refractivity (Wildman–Crippen MR) is 89.4 cm³/mol. The number of anilines is 1. The van der Waals surface area contributed by atoms with E-state index in [9.17, 15) is 18.0 Å². The van der Waals surface area contributed by atoms with Crippen LogP contribution < -0.4 is 5.32 Å². The molecule has 136 valence electrons. The first-order valence-corrected chi connectivity index (χ1v) is 8.08. The fraction of sp³-hybridized carbons (Fsp3) is 0.200. The number of nitrogens with zero attached hydrogens (tertiary/aromatic N) is 4. The van der Waals surface area contributed by atoms with Crippen molar-refractivity contribution in [3.05, 3.63) is 46.7 Å². The number of rotatable bonds is 3. The molecule has 3 rings (SSSR count). The minimum absolute atomic E-state index is 0.0770. The maximum absolute atomic E-state index is 12.7. The van der Waals surface area contributed by atoms with Crippen LogP contribution in [0.1, 0.15) is 23.3 Å². The van der Waals surface area contributed by atoms with Gasteiger partial charge in [-0.2, -0.15) is 18.2 Å². The molecule has 0 unspecified atom stereocenters. The second kappa shape index (κ2) is 6.75. The van der Waals surface area contributed by atoms with Crippen LogP contribution in [0.3, 0.4) is 0 Å². The van der Waals surface area contributed by atoms with Crippen LogP contribution in [-0.4, -0.2) is 26.4 Å². The van der Waals surface area contributed by atoms with Crippen LogP contribution in [0, 0.1) is 6.92 Å². The Morgan fingerprint density at radius 3 is 2.62 bits per heavy atom. The summed E-state index contributed by atoms with van der Waals surface area (Å²) in [5.74, 6) is -1.20. The lowest BCUT2D eigenvalue weighted by Gasteiger charge is -2.03. The summed E-state index contributed by atoms with van der Waals surface area (Å²) in [6, 6.07) is 8.65. The lowest BCUT2D eigenvalue weighted by molar-refractivity contribution is -0.144. The van der Waals surface area contributed by atoms with Crippen molar-refractivity contribution in [3.63, 3.8) is 0 Å². The average molecular weight is 383 g/mol. The quantitative estimate of drug-likeness (QED) is 0.420. The number of alkyl halides is 3. The summed E-state index contributed by atoms with van der Waals surface area (Å²) in [5.41, 5.74) is 1.28. The molecule has 0 aliphatic rings. The molecular weight excluding hydrogens is 371 g/mol. The molecule has 1 aromatic carbocycles. The maximum Gasteiger partial charge on any atom is 0.453 e. The van der Waals surface area contributed by atoms with Crippen molar-refractivity contribution < 1.29 is 22.8 Å². The Morgan fingerprint density at radius 2 is 2.00 bits per heavy atom. The van der Waals surface area contributed by atoms with Gasteiger partial charge in [-0.1, -0.05) is 34.7 Å². The number of thiazole rings is 1. The van der Waals surface area contributed by atoms with Crippen molar-refractivity contribution in [3.8, 4) is 0 Å². The van der Waals surface area contributed by atoms with Gasteiger partial charge in [0.1, 0.15) is 0 Å². The highest BCUT2D eigenvalue weighted by Crippen LogP contribution is 2.30. The van der Waals surface area contributed by atoms with Crippen molar-refractivity contribution in [2.45, 2.75) is 20.0 Å². The SMILES string of the molecule is C/C(=N\OC(=O)Nc1ccccc1)c1sc2nc(C(F)(F)F)nn2c1C. The predicted octanol–water partition coefficient (Wildman–Crippen LogP) is 4.09. The van der Waals surface area contributed by atoms with Gasteiger partial charge in [0.2, 0.25) is 4.96 Å². The highest BCUT2D eigenvalue weighted by Gasteiger charge is 2.37. The van der Waals surface area contributed by atoms with Gasteiger partial charge in [0, 0.05) is 5.69 Å². The third kappa shape index (κ3) is 3.67.